The van der Waals surface area contributed by atoms with E-state index in [1.807, 2.05) is 51.3 Å². The molecule has 2 rings (SSSR count). The van der Waals surface area contributed by atoms with E-state index in [1.54, 1.807) is 30.3 Å². The van der Waals surface area contributed by atoms with Crippen LogP contribution in [0.25, 0.3) is 12.2 Å². The summed E-state index contributed by atoms with van der Waals surface area (Å²) in [6, 6.07) is 10.2. The number of aromatic nitrogens is 1. The Hall–Kier alpha value is -2.11. The number of benzene rings is 1. The molecular weight excluding hydrogens is 332 g/mol. The number of sulfonamides is 1. The molecule has 0 radical (unpaired) electrons. The van der Waals surface area contributed by atoms with Crippen LogP contribution in [0.5, 0.6) is 0 Å². The Balaban J connectivity index is 2.29. The Bertz CT molecular complexity index is 834. The number of hydrogen-bond donors (Lipinski definition) is 1. The van der Waals surface area contributed by atoms with Crippen molar-refractivity contribution in [3.05, 3.63) is 66.5 Å². The minimum atomic E-state index is -3.55. The second-order valence-corrected chi connectivity index (χ2v) is 8.01. The largest absolute Gasteiger partial charge is 0.346 e. The average molecular weight is 359 g/mol. The fourth-order valence-electron chi connectivity index (χ4n) is 2.65. The molecule has 1 aromatic heterocycles. The first kappa shape index (κ1) is 19.2. The molecule has 1 aromatic carbocycles. The van der Waals surface area contributed by atoms with E-state index >= 15 is 0 Å². The second-order valence-electron chi connectivity index (χ2n) is 6.30. The fraction of sp³-hybridized carbons (Fsp3) is 0.300. The molecule has 0 bridgehead atoms. The number of hydrogen-bond acceptors (Lipinski definition) is 2. The standard InChI is InChI=1S/C20H26N2O2S/c1-5-10-20-17(6-2)13-14-22(20)15-19(16(3)4)21-25(23,24)18-11-8-7-9-12-18/h5-14,16,19,21H,2,15H2,1,3-4H3/b10-5-. The normalized spacial score (nSPS) is 13.4. The van der Waals surface area contributed by atoms with Gasteiger partial charge in [-0.1, -0.05) is 50.8 Å². The molecule has 0 saturated heterocycles. The number of allylic oxidation sites excluding steroid dienone is 1. The van der Waals surface area contributed by atoms with E-state index in [4.69, 9.17) is 0 Å². The maximum absolute atomic E-state index is 12.7. The number of nitrogens with one attached hydrogen (secondary N) is 1. The van der Waals surface area contributed by atoms with Crippen LogP contribution in [0.2, 0.25) is 0 Å². The summed E-state index contributed by atoms with van der Waals surface area (Å²) in [7, 11) is -3.55. The summed E-state index contributed by atoms with van der Waals surface area (Å²) in [6.07, 6.45) is 7.76. The Kier molecular flexibility index (Phi) is 6.39. The lowest BCUT2D eigenvalue weighted by molar-refractivity contribution is 0.398. The highest BCUT2D eigenvalue weighted by atomic mass is 32.2. The summed E-state index contributed by atoms with van der Waals surface area (Å²) in [5.41, 5.74) is 2.06. The van der Waals surface area contributed by atoms with Gasteiger partial charge in [-0.25, -0.2) is 13.1 Å². The maximum Gasteiger partial charge on any atom is 0.240 e. The van der Waals surface area contributed by atoms with E-state index in [0.717, 1.165) is 11.3 Å². The zero-order valence-corrected chi connectivity index (χ0v) is 15.8. The summed E-state index contributed by atoms with van der Waals surface area (Å²) in [5, 5.41) is 0. The summed E-state index contributed by atoms with van der Waals surface area (Å²) in [5.74, 6) is 0.145. The highest BCUT2D eigenvalue weighted by Gasteiger charge is 2.23. The monoisotopic (exact) mass is 358 g/mol. The van der Waals surface area contributed by atoms with Crippen LogP contribution in [0.4, 0.5) is 0 Å². The summed E-state index contributed by atoms with van der Waals surface area (Å²) in [6.45, 7) is 10.4. The first-order valence-electron chi connectivity index (χ1n) is 8.40. The fourth-order valence-corrected chi connectivity index (χ4v) is 4.04. The molecule has 0 amide bonds. The number of rotatable bonds is 8. The van der Waals surface area contributed by atoms with Gasteiger partial charge in [-0.15, -0.1) is 0 Å². The molecule has 0 aliphatic rings. The Morgan fingerprint density at radius 3 is 2.44 bits per heavy atom. The van der Waals surface area contributed by atoms with Crippen molar-refractivity contribution in [3.8, 4) is 0 Å². The molecule has 0 fully saturated rings. The van der Waals surface area contributed by atoms with Gasteiger partial charge in [-0.05, 0) is 42.7 Å². The van der Waals surface area contributed by atoms with E-state index < -0.39 is 10.0 Å². The van der Waals surface area contributed by atoms with Crippen LogP contribution in [0.1, 0.15) is 32.0 Å². The van der Waals surface area contributed by atoms with Crippen molar-refractivity contribution in [1.82, 2.24) is 9.29 Å². The molecule has 0 aliphatic carbocycles. The van der Waals surface area contributed by atoms with Gasteiger partial charge in [-0.3, -0.25) is 0 Å². The molecule has 1 unspecified atom stereocenters. The van der Waals surface area contributed by atoms with Crippen molar-refractivity contribution >= 4 is 22.2 Å². The number of nitrogens with zero attached hydrogens (tertiary/aromatic N) is 1. The highest BCUT2D eigenvalue weighted by molar-refractivity contribution is 7.89. The molecule has 2 aromatic rings. The summed E-state index contributed by atoms with van der Waals surface area (Å²) >= 11 is 0. The Morgan fingerprint density at radius 1 is 1.20 bits per heavy atom. The quantitative estimate of drug-likeness (QED) is 0.770. The third kappa shape index (κ3) is 4.71. The molecule has 0 spiro atoms. The van der Waals surface area contributed by atoms with Gasteiger partial charge >= 0.3 is 0 Å². The minimum absolute atomic E-state index is 0.145. The van der Waals surface area contributed by atoms with Crippen molar-refractivity contribution in [2.75, 3.05) is 0 Å². The van der Waals surface area contributed by atoms with Crippen molar-refractivity contribution in [2.24, 2.45) is 5.92 Å². The third-order valence-corrected chi connectivity index (χ3v) is 5.65. The molecule has 1 atom stereocenters. The topological polar surface area (TPSA) is 51.1 Å². The average Bonchev–Trinajstić information content (AvgIpc) is 2.97. The van der Waals surface area contributed by atoms with Crippen molar-refractivity contribution in [1.29, 1.82) is 0 Å². The molecule has 5 heteroatoms. The van der Waals surface area contributed by atoms with Crippen LogP contribution in [-0.4, -0.2) is 19.0 Å². The van der Waals surface area contributed by atoms with Crippen LogP contribution >= 0.6 is 0 Å². The van der Waals surface area contributed by atoms with Crippen LogP contribution in [0.3, 0.4) is 0 Å². The summed E-state index contributed by atoms with van der Waals surface area (Å²) < 4.78 is 30.2. The van der Waals surface area contributed by atoms with Gasteiger partial charge in [0.05, 0.1) is 4.90 Å². The first-order valence-corrected chi connectivity index (χ1v) is 9.89. The van der Waals surface area contributed by atoms with E-state index in [1.165, 1.54) is 0 Å². The van der Waals surface area contributed by atoms with Gasteiger partial charge in [0.25, 0.3) is 0 Å². The third-order valence-electron chi connectivity index (χ3n) is 4.14. The lowest BCUT2D eigenvalue weighted by atomic mass is 10.1. The van der Waals surface area contributed by atoms with E-state index in [0.29, 0.717) is 6.54 Å². The second kappa shape index (κ2) is 8.32. The SMILES string of the molecule is C=Cc1ccn(CC(NS(=O)(=O)c2ccccc2)C(C)C)c1/C=C\C. The van der Waals surface area contributed by atoms with Crippen LogP contribution in [-0.2, 0) is 16.6 Å². The van der Waals surface area contributed by atoms with Crippen molar-refractivity contribution < 1.29 is 8.42 Å². The van der Waals surface area contributed by atoms with Crippen molar-refractivity contribution in [3.63, 3.8) is 0 Å². The highest BCUT2D eigenvalue weighted by Crippen LogP contribution is 2.18. The first-order chi connectivity index (χ1) is 11.9. The Morgan fingerprint density at radius 2 is 1.88 bits per heavy atom. The van der Waals surface area contributed by atoms with E-state index in [2.05, 4.69) is 15.9 Å². The van der Waals surface area contributed by atoms with Gasteiger partial charge in [0.2, 0.25) is 10.0 Å². The van der Waals surface area contributed by atoms with Gasteiger partial charge < -0.3 is 4.57 Å². The van der Waals surface area contributed by atoms with Gasteiger partial charge in [0.15, 0.2) is 0 Å². The lowest BCUT2D eigenvalue weighted by Gasteiger charge is -2.24. The Labute approximate surface area is 150 Å². The molecular formula is C20H26N2O2S. The predicted molar refractivity (Wildman–Crippen MR) is 105 cm³/mol. The molecule has 134 valence electrons. The van der Waals surface area contributed by atoms with E-state index in [9.17, 15) is 8.42 Å². The van der Waals surface area contributed by atoms with Crippen LogP contribution in [0, 0.1) is 5.92 Å². The van der Waals surface area contributed by atoms with Gasteiger partial charge in [-0.2, -0.15) is 0 Å². The molecule has 4 nitrogen and oxygen atoms in total. The van der Waals surface area contributed by atoms with E-state index in [-0.39, 0.29) is 16.9 Å². The van der Waals surface area contributed by atoms with Crippen LogP contribution in [0.15, 0.2) is 60.1 Å². The molecule has 0 saturated carbocycles. The molecule has 0 aliphatic heterocycles. The van der Waals surface area contributed by atoms with Crippen molar-refractivity contribution in [2.45, 2.75) is 38.3 Å². The zero-order chi connectivity index (χ0) is 18.4. The lowest BCUT2D eigenvalue weighted by Crippen LogP contribution is -2.41. The molecule has 1 N–H and O–H groups in total. The summed E-state index contributed by atoms with van der Waals surface area (Å²) in [4.78, 5) is 0.286. The van der Waals surface area contributed by atoms with Crippen LogP contribution < -0.4 is 4.72 Å². The van der Waals surface area contributed by atoms with Gasteiger partial charge in [0.1, 0.15) is 0 Å². The maximum atomic E-state index is 12.7. The zero-order valence-electron chi connectivity index (χ0n) is 15.0. The minimum Gasteiger partial charge on any atom is -0.346 e. The van der Waals surface area contributed by atoms with Gasteiger partial charge in [0, 0.05) is 24.5 Å². The predicted octanol–water partition coefficient (Wildman–Crippen LogP) is 4.17. The smallest absolute Gasteiger partial charge is 0.240 e. The molecule has 25 heavy (non-hydrogen) atoms. The molecule has 1 heterocycles.